The molecule has 0 saturated heterocycles. The maximum Gasteiger partial charge on any atom is 0.243 e. The summed E-state index contributed by atoms with van der Waals surface area (Å²) in [4.78, 5) is 28.5. The molecular weight excluding hydrogens is 455 g/mol. The van der Waals surface area contributed by atoms with Crippen molar-refractivity contribution in [2.24, 2.45) is 5.92 Å². The van der Waals surface area contributed by atoms with Gasteiger partial charge in [-0.3, -0.25) is 9.59 Å². The van der Waals surface area contributed by atoms with Crippen molar-refractivity contribution < 1.29 is 18.7 Å². The van der Waals surface area contributed by atoms with Crippen LogP contribution in [0.1, 0.15) is 37.8 Å². The van der Waals surface area contributed by atoms with Gasteiger partial charge < -0.3 is 15.0 Å². The molecule has 6 heteroatoms. The number of nitrogens with zero attached hydrogens (tertiary/aromatic N) is 1. The minimum Gasteiger partial charge on any atom is -0.494 e. The number of halogens is 1. The van der Waals surface area contributed by atoms with Crippen LogP contribution in [0.5, 0.6) is 5.75 Å². The maximum atomic E-state index is 13.5. The van der Waals surface area contributed by atoms with Crippen molar-refractivity contribution in [3.05, 3.63) is 102 Å². The molecule has 0 heterocycles. The van der Waals surface area contributed by atoms with Gasteiger partial charge in [-0.15, -0.1) is 0 Å². The quantitative estimate of drug-likeness (QED) is 0.327. The van der Waals surface area contributed by atoms with E-state index in [1.165, 1.54) is 12.1 Å². The number of nitrogens with one attached hydrogen (secondary N) is 1. The van der Waals surface area contributed by atoms with Crippen LogP contribution in [0.4, 0.5) is 4.39 Å². The lowest BCUT2D eigenvalue weighted by molar-refractivity contribution is -0.141. The Hall–Kier alpha value is -3.67. The molecule has 3 rings (SSSR count). The molecule has 0 aliphatic heterocycles. The minimum absolute atomic E-state index is 0.142. The van der Waals surface area contributed by atoms with Crippen molar-refractivity contribution in [3.63, 3.8) is 0 Å². The average molecular weight is 491 g/mol. The Balaban J connectivity index is 1.78. The molecule has 2 amide bonds. The maximum absolute atomic E-state index is 13.5. The number of hydrogen-bond acceptors (Lipinski definition) is 3. The summed E-state index contributed by atoms with van der Waals surface area (Å²) in [5.41, 5.74) is 1.73. The van der Waals surface area contributed by atoms with Gasteiger partial charge >= 0.3 is 0 Å². The van der Waals surface area contributed by atoms with E-state index in [9.17, 15) is 14.0 Å². The Morgan fingerprint density at radius 2 is 1.53 bits per heavy atom. The zero-order valence-corrected chi connectivity index (χ0v) is 21.0. The van der Waals surface area contributed by atoms with E-state index in [0.717, 1.165) is 16.9 Å². The molecule has 3 aromatic carbocycles. The van der Waals surface area contributed by atoms with Crippen molar-refractivity contribution >= 4 is 11.8 Å². The van der Waals surface area contributed by atoms with Crippen molar-refractivity contribution in [3.8, 4) is 5.75 Å². The molecule has 0 spiro atoms. The lowest BCUT2D eigenvalue weighted by Gasteiger charge is -2.32. The summed E-state index contributed by atoms with van der Waals surface area (Å²) in [5, 5.41) is 3.00. The lowest BCUT2D eigenvalue weighted by atomic mass is 10.0. The highest BCUT2D eigenvalue weighted by atomic mass is 19.1. The third kappa shape index (κ3) is 8.84. The van der Waals surface area contributed by atoms with E-state index < -0.39 is 6.04 Å². The molecular formula is C30H35FN2O3. The number of rotatable bonds is 13. The molecule has 3 aromatic rings. The highest BCUT2D eigenvalue weighted by molar-refractivity contribution is 5.88. The summed E-state index contributed by atoms with van der Waals surface area (Å²) in [6.07, 6.45) is 1.13. The molecule has 0 aromatic heterocycles. The van der Waals surface area contributed by atoms with Gasteiger partial charge in [0.05, 0.1) is 6.61 Å². The summed E-state index contributed by atoms with van der Waals surface area (Å²) in [7, 11) is 0. The predicted molar refractivity (Wildman–Crippen MR) is 140 cm³/mol. The molecule has 1 atom stereocenters. The molecule has 0 fully saturated rings. The molecule has 5 nitrogen and oxygen atoms in total. The van der Waals surface area contributed by atoms with Gasteiger partial charge in [0.1, 0.15) is 17.6 Å². The van der Waals surface area contributed by atoms with E-state index in [2.05, 4.69) is 5.32 Å². The number of amides is 2. The molecule has 0 aliphatic carbocycles. The first-order valence-electron chi connectivity index (χ1n) is 12.5. The van der Waals surface area contributed by atoms with Gasteiger partial charge in [0, 0.05) is 25.9 Å². The van der Waals surface area contributed by atoms with E-state index in [-0.39, 0.29) is 36.5 Å². The molecule has 1 N–H and O–H groups in total. The Morgan fingerprint density at radius 3 is 2.17 bits per heavy atom. The lowest BCUT2D eigenvalue weighted by Crippen LogP contribution is -2.51. The first kappa shape index (κ1) is 26.9. The summed E-state index contributed by atoms with van der Waals surface area (Å²) in [6, 6.07) is 24.5. The zero-order chi connectivity index (χ0) is 25.8. The van der Waals surface area contributed by atoms with Gasteiger partial charge in [-0.05, 0) is 47.7 Å². The van der Waals surface area contributed by atoms with Gasteiger partial charge in [0.25, 0.3) is 0 Å². The third-order valence-electron chi connectivity index (χ3n) is 5.77. The molecule has 0 bridgehead atoms. The highest BCUT2D eigenvalue weighted by Crippen LogP contribution is 2.17. The predicted octanol–water partition coefficient (Wildman–Crippen LogP) is 5.40. The fourth-order valence-corrected chi connectivity index (χ4v) is 3.84. The monoisotopic (exact) mass is 490 g/mol. The highest BCUT2D eigenvalue weighted by Gasteiger charge is 2.30. The van der Waals surface area contributed by atoms with E-state index >= 15 is 0 Å². The second-order valence-corrected chi connectivity index (χ2v) is 9.26. The van der Waals surface area contributed by atoms with Gasteiger partial charge in [-0.2, -0.15) is 0 Å². The van der Waals surface area contributed by atoms with Crippen LogP contribution in [0, 0.1) is 11.7 Å². The van der Waals surface area contributed by atoms with E-state index in [0.29, 0.717) is 26.0 Å². The number of hydrogen-bond donors (Lipinski definition) is 1. The number of carbonyl (C=O) groups is 2. The van der Waals surface area contributed by atoms with Gasteiger partial charge in [-0.1, -0.05) is 74.5 Å². The normalized spacial score (nSPS) is 11.7. The molecule has 36 heavy (non-hydrogen) atoms. The van der Waals surface area contributed by atoms with Crippen LogP contribution in [0.2, 0.25) is 0 Å². The Bertz CT molecular complexity index is 1070. The van der Waals surface area contributed by atoms with Crippen molar-refractivity contribution in [1.29, 1.82) is 0 Å². The summed E-state index contributed by atoms with van der Waals surface area (Å²) in [6.45, 7) is 5.18. The number of ether oxygens (including phenoxy) is 1. The first-order chi connectivity index (χ1) is 17.4. The van der Waals surface area contributed by atoms with Crippen molar-refractivity contribution in [2.45, 2.75) is 45.7 Å². The van der Waals surface area contributed by atoms with Crippen LogP contribution < -0.4 is 10.1 Å². The fraction of sp³-hybridized carbons (Fsp3) is 0.333. The smallest absolute Gasteiger partial charge is 0.243 e. The van der Waals surface area contributed by atoms with Gasteiger partial charge in [0.15, 0.2) is 0 Å². The second kappa shape index (κ2) is 14.0. The number of para-hydroxylation sites is 1. The molecule has 0 radical (unpaired) electrons. The zero-order valence-electron chi connectivity index (χ0n) is 21.0. The molecule has 0 unspecified atom stereocenters. The van der Waals surface area contributed by atoms with Crippen molar-refractivity contribution in [2.75, 3.05) is 13.2 Å². The van der Waals surface area contributed by atoms with E-state index in [1.54, 1.807) is 17.0 Å². The van der Waals surface area contributed by atoms with Crippen LogP contribution in [0.3, 0.4) is 0 Å². The van der Waals surface area contributed by atoms with Gasteiger partial charge in [-0.25, -0.2) is 4.39 Å². The Labute approximate surface area is 213 Å². The standard InChI is InChI=1S/C30H35FN2O3/c1-23(2)21-32-30(35)28(20-24-10-5-3-6-11-24)33(22-25-15-17-26(31)18-16-25)29(34)14-9-19-36-27-12-7-4-8-13-27/h3-8,10-13,15-18,23,28H,9,14,19-22H2,1-2H3,(H,32,35)/t28-/m0/s1. The van der Waals surface area contributed by atoms with Crippen LogP contribution in [-0.2, 0) is 22.6 Å². The van der Waals surface area contributed by atoms with Crippen LogP contribution in [-0.4, -0.2) is 35.9 Å². The third-order valence-corrected chi connectivity index (χ3v) is 5.77. The first-order valence-corrected chi connectivity index (χ1v) is 12.5. The summed E-state index contributed by atoms with van der Waals surface area (Å²) in [5.74, 6) is 0.358. The van der Waals surface area contributed by atoms with Crippen LogP contribution in [0.25, 0.3) is 0 Å². The molecule has 190 valence electrons. The van der Waals surface area contributed by atoms with Crippen LogP contribution in [0.15, 0.2) is 84.9 Å². The average Bonchev–Trinajstić information content (AvgIpc) is 2.89. The molecule has 0 aliphatic rings. The SMILES string of the molecule is CC(C)CNC(=O)[C@H](Cc1ccccc1)N(Cc1ccc(F)cc1)C(=O)CCCOc1ccccc1. The summed E-state index contributed by atoms with van der Waals surface area (Å²) < 4.78 is 19.3. The Kier molecular flexibility index (Phi) is 10.5. The Morgan fingerprint density at radius 1 is 0.889 bits per heavy atom. The van der Waals surface area contributed by atoms with Crippen molar-refractivity contribution in [1.82, 2.24) is 10.2 Å². The topological polar surface area (TPSA) is 58.6 Å². The van der Waals surface area contributed by atoms with E-state index in [1.807, 2.05) is 74.5 Å². The van der Waals surface area contributed by atoms with E-state index in [4.69, 9.17) is 4.74 Å². The summed E-state index contributed by atoms with van der Waals surface area (Å²) >= 11 is 0. The largest absolute Gasteiger partial charge is 0.494 e. The second-order valence-electron chi connectivity index (χ2n) is 9.26. The van der Waals surface area contributed by atoms with Gasteiger partial charge in [0.2, 0.25) is 11.8 Å². The van der Waals surface area contributed by atoms with Crippen LogP contribution >= 0.6 is 0 Å². The minimum atomic E-state index is -0.696. The fourth-order valence-electron chi connectivity index (χ4n) is 3.84. The number of carbonyl (C=O) groups excluding carboxylic acids is 2. The molecule has 0 saturated carbocycles. The number of benzene rings is 3.